The molecule has 0 bridgehead atoms. The molecule has 2 rings (SSSR count). The molecule has 116 valence electrons. The quantitative estimate of drug-likeness (QED) is 0.881. The Labute approximate surface area is 132 Å². The van der Waals surface area contributed by atoms with Gasteiger partial charge in [-0.05, 0) is 31.5 Å². The number of nitrogens with one attached hydrogen (secondary N) is 1. The molecule has 5 heteroatoms. The summed E-state index contributed by atoms with van der Waals surface area (Å²) < 4.78 is 26.5. The second-order valence-corrected chi connectivity index (χ2v) is 6.06. The molecule has 2 aromatic carbocycles. The van der Waals surface area contributed by atoms with E-state index in [1.165, 1.54) is 23.9 Å². The van der Waals surface area contributed by atoms with Crippen molar-refractivity contribution >= 4 is 23.4 Å². The Morgan fingerprint density at radius 1 is 1.18 bits per heavy atom. The highest BCUT2D eigenvalue weighted by molar-refractivity contribution is 7.99. The van der Waals surface area contributed by atoms with Crippen LogP contribution in [0.1, 0.15) is 16.7 Å². The van der Waals surface area contributed by atoms with Crippen molar-refractivity contribution in [2.45, 2.75) is 19.6 Å². The van der Waals surface area contributed by atoms with Gasteiger partial charge in [-0.2, -0.15) is 0 Å². The first-order valence-electron chi connectivity index (χ1n) is 6.85. The van der Waals surface area contributed by atoms with E-state index in [2.05, 4.69) is 5.32 Å². The minimum Gasteiger partial charge on any atom is -0.325 e. The van der Waals surface area contributed by atoms with Gasteiger partial charge in [0.05, 0.1) is 5.75 Å². The zero-order valence-corrected chi connectivity index (χ0v) is 13.3. The Morgan fingerprint density at radius 3 is 2.68 bits per heavy atom. The molecule has 0 aliphatic heterocycles. The molecular formula is C17H17F2NOS. The minimum absolute atomic E-state index is 0.159. The standard InChI is InChI=1S/C17H17F2NOS/c1-11-6-7-15(12(2)8-11)20-16(21)10-22-9-13-4-3-5-14(18)17(13)19/h3-8H,9-10H2,1-2H3,(H,20,21). The fourth-order valence-corrected chi connectivity index (χ4v) is 2.86. The summed E-state index contributed by atoms with van der Waals surface area (Å²) in [5, 5.41) is 2.82. The summed E-state index contributed by atoms with van der Waals surface area (Å²) in [6.45, 7) is 3.92. The van der Waals surface area contributed by atoms with E-state index in [1.807, 2.05) is 32.0 Å². The number of rotatable bonds is 5. The number of thioether (sulfide) groups is 1. The first kappa shape index (κ1) is 16.5. The molecule has 0 fully saturated rings. The number of hydrogen-bond donors (Lipinski definition) is 1. The van der Waals surface area contributed by atoms with Gasteiger partial charge in [-0.15, -0.1) is 11.8 Å². The third-order valence-corrected chi connectivity index (χ3v) is 4.16. The van der Waals surface area contributed by atoms with Gasteiger partial charge in [0.25, 0.3) is 0 Å². The van der Waals surface area contributed by atoms with Crippen molar-refractivity contribution in [2.75, 3.05) is 11.1 Å². The highest BCUT2D eigenvalue weighted by atomic mass is 32.2. The molecule has 2 aromatic rings. The fraction of sp³-hybridized carbons (Fsp3) is 0.235. The van der Waals surface area contributed by atoms with Gasteiger partial charge in [-0.25, -0.2) is 8.78 Å². The van der Waals surface area contributed by atoms with Crippen LogP contribution in [0, 0.1) is 25.5 Å². The normalized spacial score (nSPS) is 10.5. The zero-order chi connectivity index (χ0) is 16.1. The summed E-state index contributed by atoms with van der Waals surface area (Å²) in [7, 11) is 0. The van der Waals surface area contributed by atoms with Gasteiger partial charge in [0.15, 0.2) is 11.6 Å². The number of carbonyl (C=O) groups excluding carboxylic acids is 1. The number of anilines is 1. The van der Waals surface area contributed by atoms with Crippen molar-refractivity contribution in [1.29, 1.82) is 0 Å². The smallest absolute Gasteiger partial charge is 0.234 e. The van der Waals surface area contributed by atoms with Crippen LogP contribution in [0.25, 0.3) is 0 Å². The van der Waals surface area contributed by atoms with Crippen LogP contribution in [0.4, 0.5) is 14.5 Å². The summed E-state index contributed by atoms with van der Waals surface area (Å²) in [5.41, 5.74) is 3.17. The lowest BCUT2D eigenvalue weighted by Gasteiger charge is -2.09. The molecule has 1 amide bonds. The average molecular weight is 321 g/mol. The molecular weight excluding hydrogens is 304 g/mol. The average Bonchev–Trinajstić information content (AvgIpc) is 2.46. The zero-order valence-electron chi connectivity index (χ0n) is 12.5. The van der Waals surface area contributed by atoms with Crippen LogP contribution < -0.4 is 5.32 Å². The molecule has 0 aromatic heterocycles. The summed E-state index contributed by atoms with van der Waals surface area (Å²) in [6.07, 6.45) is 0. The van der Waals surface area contributed by atoms with Crippen molar-refractivity contribution in [3.05, 3.63) is 64.7 Å². The molecule has 0 atom stereocenters. The van der Waals surface area contributed by atoms with Crippen LogP contribution in [0.3, 0.4) is 0 Å². The Bertz CT molecular complexity index is 688. The van der Waals surface area contributed by atoms with Crippen LogP contribution in [-0.4, -0.2) is 11.7 Å². The maximum Gasteiger partial charge on any atom is 0.234 e. The number of hydrogen-bond acceptors (Lipinski definition) is 2. The number of amides is 1. The maximum absolute atomic E-state index is 13.5. The number of benzene rings is 2. The van der Waals surface area contributed by atoms with E-state index in [0.29, 0.717) is 0 Å². The van der Waals surface area contributed by atoms with Gasteiger partial charge < -0.3 is 5.32 Å². The van der Waals surface area contributed by atoms with Crippen LogP contribution >= 0.6 is 11.8 Å². The highest BCUT2D eigenvalue weighted by Crippen LogP contribution is 2.19. The molecule has 2 nitrogen and oxygen atoms in total. The lowest BCUT2D eigenvalue weighted by atomic mass is 10.1. The molecule has 1 N–H and O–H groups in total. The summed E-state index contributed by atoms with van der Waals surface area (Å²) >= 11 is 1.25. The third kappa shape index (κ3) is 4.31. The van der Waals surface area contributed by atoms with Crippen molar-refractivity contribution in [1.82, 2.24) is 0 Å². The second kappa shape index (κ2) is 7.40. The van der Waals surface area contributed by atoms with E-state index >= 15 is 0 Å². The van der Waals surface area contributed by atoms with E-state index in [9.17, 15) is 13.6 Å². The van der Waals surface area contributed by atoms with Crippen molar-refractivity contribution in [3.8, 4) is 0 Å². The van der Waals surface area contributed by atoms with E-state index in [1.54, 1.807) is 0 Å². The first-order valence-corrected chi connectivity index (χ1v) is 8.00. The number of halogens is 2. The fourth-order valence-electron chi connectivity index (χ4n) is 2.05. The largest absolute Gasteiger partial charge is 0.325 e. The molecule has 0 aliphatic rings. The Balaban J connectivity index is 1.87. The highest BCUT2D eigenvalue weighted by Gasteiger charge is 2.09. The van der Waals surface area contributed by atoms with Crippen LogP contribution in [0.15, 0.2) is 36.4 Å². The second-order valence-electron chi connectivity index (χ2n) is 5.07. The molecule has 0 heterocycles. The van der Waals surface area contributed by atoms with Crippen LogP contribution in [0.2, 0.25) is 0 Å². The summed E-state index contributed by atoms with van der Waals surface area (Å²) in [6, 6.07) is 9.84. The monoisotopic (exact) mass is 321 g/mol. The predicted octanol–water partition coefficient (Wildman–Crippen LogP) is 4.45. The molecule has 0 spiro atoms. The van der Waals surface area contributed by atoms with Gasteiger partial charge in [0.2, 0.25) is 5.91 Å². The lowest BCUT2D eigenvalue weighted by molar-refractivity contribution is -0.113. The van der Waals surface area contributed by atoms with E-state index in [4.69, 9.17) is 0 Å². The topological polar surface area (TPSA) is 29.1 Å². The molecule has 0 saturated heterocycles. The molecule has 0 radical (unpaired) electrons. The summed E-state index contributed by atoms with van der Waals surface area (Å²) in [5.74, 6) is -1.43. The first-order chi connectivity index (χ1) is 10.5. The van der Waals surface area contributed by atoms with Gasteiger partial charge in [-0.1, -0.05) is 29.8 Å². The molecule has 0 aliphatic carbocycles. The van der Waals surface area contributed by atoms with E-state index in [-0.39, 0.29) is 23.0 Å². The molecule has 22 heavy (non-hydrogen) atoms. The Hall–Kier alpha value is -1.88. The Morgan fingerprint density at radius 2 is 1.95 bits per heavy atom. The van der Waals surface area contributed by atoms with Crippen LogP contribution in [0.5, 0.6) is 0 Å². The van der Waals surface area contributed by atoms with E-state index in [0.717, 1.165) is 22.9 Å². The molecule has 0 unspecified atom stereocenters. The third-order valence-electron chi connectivity index (χ3n) is 3.18. The lowest BCUT2D eigenvalue weighted by Crippen LogP contribution is -2.15. The SMILES string of the molecule is Cc1ccc(NC(=O)CSCc2cccc(F)c2F)c(C)c1. The maximum atomic E-state index is 13.5. The number of carbonyl (C=O) groups is 1. The predicted molar refractivity (Wildman–Crippen MR) is 87.1 cm³/mol. The van der Waals surface area contributed by atoms with Crippen LogP contribution in [-0.2, 0) is 10.5 Å². The Kier molecular flexibility index (Phi) is 5.55. The summed E-state index contributed by atoms with van der Waals surface area (Å²) in [4.78, 5) is 11.9. The van der Waals surface area contributed by atoms with Crippen molar-refractivity contribution in [2.24, 2.45) is 0 Å². The minimum atomic E-state index is -0.863. The van der Waals surface area contributed by atoms with Gasteiger partial charge >= 0.3 is 0 Å². The van der Waals surface area contributed by atoms with Crippen molar-refractivity contribution < 1.29 is 13.6 Å². The van der Waals surface area contributed by atoms with Gasteiger partial charge in [0.1, 0.15) is 0 Å². The molecule has 0 saturated carbocycles. The van der Waals surface area contributed by atoms with Gasteiger partial charge in [0, 0.05) is 17.0 Å². The van der Waals surface area contributed by atoms with Gasteiger partial charge in [-0.3, -0.25) is 4.79 Å². The van der Waals surface area contributed by atoms with E-state index < -0.39 is 11.6 Å². The number of aryl methyl sites for hydroxylation is 2. The van der Waals surface area contributed by atoms with Crippen molar-refractivity contribution in [3.63, 3.8) is 0 Å².